The number of unbranched alkanes of at least 4 members (excludes halogenated alkanes) is 12. The Morgan fingerprint density at radius 2 is 1.10 bits per heavy atom. The molecule has 10 heteroatoms. The Kier molecular flexibility index (Phi) is 32.1. The zero-order valence-electron chi connectivity index (χ0n) is 30.3. The van der Waals surface area contributed by atoms with E-state index in [2.05, 4.69) is 60.9 Å². The number of carbonyl (C=O) groups excluding carboxylic acids is 3. The molecule has 0 spiro atoms. The van der Waals surface area contributed by atoms with Crippen molar-refractivity contribution in [3.05, 3.63) is 60.8 Å². The topological polar surface area (TPSA) is 136 Å². The summed E-state index contributed by atoms with van der Waals surface area (Å²) in [7, 11) is -4.79. The molecule has 280 valence electrons. The molecule has 0 bridgehead atoms. The lowest BCUT2D eigenvalue weighted by Crippen LogP contribution is -2.29. The van der Waals surface area contributed by atoms with Gasteiger partial charge in [-0.15, -0.1) is 0 Å². The van der Waals surface area contributed by atoms with E-state index in [1.807, 2.05) is 6.08 Å². The van der Waals surface area contributed by atoms with E-state index < -0.39 is 32.5 Å². The number of ketones is 1. The summed E-state index contributed by atoms with van der Waals surface area (Å²) in [5, 5.41) is 0. The minimum Gasteiger partial charge on any atom is -0.462 e. The van der Waals surface area contributed by atoms with Gasteiger partial charge in [0.1, 0.15) is 6.61 Å². The molecule has 0 saturated carbocycles. The fraction of sp³-hybridized carbons (Fsp3) is 0.667. The average molecular weight is 709 g/mol. The van der Waals surface area contributed by atoms with Crippen molar-refractivity contribution in [2.45, 2.75) is 155 Å². The van der Waals surface area contributed by atoms with Crippen molar-refractivity contribution >= 4 is 25.5 Å². The molecule has 0 radical (unpaired) electrons. The minimum absolute atomic E-state index is 0.114. The van der Waals surface area contributed by atoms with Crippen LogP contribution in [0.3, 0.4) is 0 Å². The monoisotopic (exact) mass is 708 g/mol. The zero-order chi connectivity index (χ0) is 36.3. The highest BCUT2D eigenvalue weighted by atomic mass is 31.2. The van der Waals surface area contributed by atoms with Crippen LogP contribution < -0.4 is 0 Å². The Labute approximate surface area is 296 Å². The maximum Gasteiger partial charge on any atom is 0.469 e. The second-order valence-corrected chi connectivity index (χ2v) is 13.5. The number of hydrogen-bond donors (Lipinski definition) is 2. The Bertz CT molecular complexity index is 1040. The molecule has 0 unspecified atom stereocenters. The van der Waals surface area contributed by atoms with Crippen LogP contribution in [0.1, 0.15) is 149 Å². The fourth-order valence-corrected chi connectivity index (χ4v) is 5.01. The van der Waals surface area contributed by atoms with Gasteiger partial charge in [-0.2, -0.15) is 0 Å². The number of ether oxygens (including phenoxy) is 2. The zero-order valence-corrected chi connectivity index (χ0v) is 31.2. The smallest absolute Gasteiger partial charge is 0.462 e. The van der Waals surface area contributed by atoms with Gasteiger partial charge in [0, 0.05) is 19.3 Å². The van der Waals surface area contributed by atoms with Crippen LogP contribution in [0, 0.1) is 0 Å². The van der Waals surface area contributed by atoms with E-state index in [-0.39, 0.29) is 25.2 Å². The van der Waals surface area contributed by atoms with Gasteiger partial charge in [-0.05, 0) is 76.7 Å². The number of carbonyl (C=O) groups is 3. The van der Waals surface area contributed by atoms with Crippen LogP contribution in [0.5, 0.6) is 0 Å². The second kappa shape index (κ2) is 33.9. The first-order valence-corrected chi connectivity index (χ1v) is 20.1. The maximum absolute atomic E-state index is 12.3. The average Bonchev–Trinajstić information content (AvgIpc) is 3.06. The number of esters is 2. The lowest BCUT2D eigenvalue weighted by molar-refractivity contribution is -0.161. The van der Waals surface area contributed by atoms with E-state index in [0.29, 0.717) is 19.3 Å². The van der Waals surface area contributed by atoms with Crippen LogP contribution in [-0.2, 0) is 32.9 Å². The summed E-state index contributed by atoms with van der Waals surface area (Å²) >= 11 is 0. The summed E-state index contributed by atoms with van der Waals surface area (Å²) in [6.45, 7) is 3.44. The lowest BCUT2D eigenvalue weighted by atomic mass is 10.1. The van der Waals surface area contributed by atoms with Gasteiger partial charge in [-0.3, -0.25) is 18.9 Å². The SMILES string of the molecule is CCCCC/C=C\C=C\C(=O)CCCCCCCC(=O)OC[C@H](COP(=O)(O)O)OC(=O)CCCC/C=C\C/C=C\C/C=C\CCCCC. The predicted octanol–water partition coefficient (Wildman–Crippen LogP) is 10.1. The molecule has 0 rings (SSSR count). The number of phosphoric ester groups is 1. The number of allylic oxidation sites excluding steroid dienone is 10. The Balaban J connectivity index is 4.15. The van der Waals surface area contributed by atoms with Crippen LogP contribution in [0.2, 0.25) is 0 Å². The highest BCUT2D eigenvalue weighted by Gasteiger charge is 2.22. The van der Waals surface area contributed by atoms with E-state index >= 15 is 0 Å². The Hall–Kier alpha value is -2.58. The molecule has 0 aliphatic heterocycles. The molecule has 49 heavy (non-hydrogen) atoms. The molecule has 0 heterocycles. The van der Waals surface area contributed by atoms with Gasteiger partial charge in [0.2, 0.25) is 0 Å². The highest BCUT2D eigenvalue weighted by molar-refractivity contribution is 7.46. The molecule has 1 atom stereocenters. The van der Waals surface area contributed by atoms with Gasteiger partial charge in [0.25, 0.3) is 0 Å². The van der Waals surface area contributed by atoms with Crippen molar-refractivity contribution in [2.75, 3.05) is 13.2 Å². The van der Waals surface area contributed by atoms with E-state index in [1.54, 1.807) is 12.2 Å². The summed E-state index contributed by atoms with van der Waals surface area (Å²) in [5.74, 6) is -0.915. The van der Waals surface area contributed by atoms with Crippen LogP contribution >= 0.6 is 7.82 Å². The van der Waals surface area contributed by atoms with E-state index in [1.165, 1.54) is 38.5 Å². The second-order valence-electron chi connectivity index (χ2n) is 12.2. The van der Waals surface area contributed by atoms with Crippen LogP contribution in [0.25, 0.3) is 0 Å². The molecule has 0 fully saturated rings. The molecule has 0 amide bonds. The molecule has 0 aliphatic carbocycles. The fourth-order valence-electron chi connectivity index (χ4n) is 4.65. The summed E-state index contributed by atoms with van der Waals surface area (Å²) < 4.78 is 26.2. The number of rotatable bonds is 33. The third-order valence-electron chi connectivity index (χ3n) is 7.49. The molecule has 0 aromatic heterocycles. The molecule has 2 N–H and O–H groups in total. The Morgan fingerprint density at radius 1 is 0.592 bits per heavy atom. The van der Waals surface area contributed by atoms with Gasteiger partial charge in [0.05, 0.1) is 6.61 Å². The van der Waals surface area contributed by atoms with Crippen LogP contribution in [-0.4, -0.2) is 46.8 Å². The lowest BCUT2D eigenvalue weighted by Gasteiger charge is -2.18. The van der Waals surface area contributed by atoms with Gasteiger partial charge < -0.3 is 19.3 Å². The van der Waals surface area contributed by atoms with Crippen molar-refractivity contribution in [1.29, 1.82) is 0 Å². The summed E-state index contributed by atoms with van der Waals surface area (Å²) in [6, 6.07) is 0. The molecule has 0 aliphatic rings. The molecule has 9 nitrogen and oxygen atoms in total. The Morgan fingerprint density at radius 3 is 1.71 bits per heavy atom. The van der Waals surface area contributed by atoms with Gasteiger partial charge in [0.15, 0.2) is 11.9 Å². The predicted molar refractivity (Wildman–Crippen MR) is 198 cm³/mol. The summed E-state index contributed by atoms with van der Waals surface area (Å²) in [4.78, 5) is 54.6. The molecular formula is C39H65O9P. The normalized spacial score (nSPS) is 13.1. The summed E-state index contributed by atoms with van der Waals surface area (Å²) in [5.41, 5.74) is 0. The standard InChI is InChI=1S/C39H65O9P/c1-3-5-7-9-11-12-13-14-15-16-17-18-20-24-29-33-39(42)48-37(35-47-49(43,44)45)34-46-38(41)32-28-25-21-23-27-31-36(40)30-26-22-19-10-8-6-4-2/h11-12,14-15,17-19,22,26,30,37H,3-10,13,16,20-21,23-25,27-29,31-35H2,1-2H3,(H2,43,44,45)/b12-11-,15-14-,18-17-,22-19-,30-26+/t37-/m1/s1. The largest absolute Gasteiger partial charge is 0.469 e. The van der Waals surface area contributed by atoms with Crippen molar-refractivity contribution in [1.82, 2.24) is 0 Å². The molecule has 0 saturated heterocycles. The first-order chi connectivity index (χ1) is 23.7. The molecule has 0 aromatic rings. The van der Waals surface area contributed by atoms with Gasteiger partial charge >= 0.3 is 19.8 Å². The minimum atomic E-state index is -4.79. The van der Waals surface area contributed by atoms with E-state index in [0.717, 1.165) is 64.2 Å². The van der Waals surface area contributed by atoms with Crippen LogP contribution in [0.4, 0.5) is 0 Å². The summed E-state index contributed by atoms with van der Waals surface area (Å²) in [6.07, 6.45) is 37.6. The maximum atomic E-state index is 12.3. The number of hydrogen-bond acceptors (Lipinski definition) is 7. The third-order valence-corrected chi connectivity index (χ3v) is 7.97. The van der Waals surface area contributed by atoms with Crippen molar-refractivity contribution in [3.8, 4) is 0 Å². The first kappa shape index (κ1) is 46.4. The first-order valence-electron chi connectivity index (χ1n) is 18.5. The molecular weight excluding hydrogens is 643 g/mol. The van der Waals surface area contributed by atoms with Gasteiger partial charge in [-0.25, -0.2) is 4.57 Å². The van der Waals surface area contributed by atoms with E-state index in [4.69, 9.17) is 19.3 Å². The quantitative estimate of drug-likeness (QED) is 0.0170. The van der Waals surface area contributed by atoms with Crippen LogP contribution in [0.15, 0.2) is 60.8 Å². The highest BCUT2D eigenvalue weighted by Crippen LogP contribution is 2.35. The van der Waals surface area contributed by atoms with Crippen molar-refractivity contribution in [3.63, 3.8) is 0 Å². The van der Waals surface area contributed by atoms with Crippen molar-refractivity contribution in [2.24, 2.45) is 0 Å². The van der Waals surface area contributed by atoms with Gasteiger partial charge in [-0.1, -0.05) is 113 Å². The third kappa shape index (κ3) is 36.5. The molecule has 0 aromatic carbocycles. The van der Waals surface area contributed by atoms with Crippen molar-refractivity contribution < 1.29 is 42.7 Å². The van der Waals surface area contributed by atoms with E-state index in [9.17, 15) is 18.9 Å². The number of phosphoric acid groups is 1.